The average Bonchev–Trinajstić information content (AvgIpc) is 3.00. The summed E-state index contributed by atoms with van der Waals surface area (Å²) in [7, 11) is 6.00. The highest BCUT2D eigenvalue weighted by Gasteiger charge is 2.67. The number of carbonyl (C=O) groups is 2. The third-order valence-electron chi connectivity index (χ3n) is 9.86. The van der Waals surface area contributed by atoms with E-state index in [2.05, 4.69) is 9.80 Å². The first-order chi connectivity index (χ1) is 15.3. The molecule has 8 atom stereocenters. The van der Waals surface area contributed by atoms with Crippen molar-refractivity contribution in [3.05, 3.63) is 11.6 Å². The molecule has 0 radical (unpaired) electrons. The smallest absolute Gasteiger partial charge is 0.159 e. The second kappa shape index (κ2) is 8.52. The summed E-state index contributed by atoms with van der Waals surface area (Å²) in [4.78, 5) is 30.7. The molecule has 4 aliphatic rings. The van der Waals surface area contributed by atoms with Crippen LogP contribution in [0.4, 0.5) is 0 Å². The highest BCUT2D eigenvalue weighted by atomic mass is 16.3. The van der Waals surface area contributed by atoms with Gasteiger partial charge in [-0.3, -0.25) is 14.5 Å². The molecule has 7 nitrogen and oxygen atoms in total. The Kier molecular flexibility index (Phi) is 6.45. The molecular weight excluding hydrogens is 420 g/mol. The van der Waals surface area contributed by atoms with E-state index in [9.17, 15) is 24.9 Å². The monoisotopic (exact) mass is 462 g/mol. The number of Topliss-reactive ketones (excluding diaryl/α,β-unsaturated/α-hetero) is 1. The number of likely N-dealkylation sites (N-methyl/N-ethyl adjacent to an activating group) is 2. The summed E-state index contributed by atoms with van der Waals surface area (Å²) < 4.78 is 0. The van der Waals surface area contributed by atoms with Crippen LogP contribution >= 0.6 is 0 Å². The first-order valence-corrected chi connectivity index (χ1v) is 12.5. The number of aliphatic hydroxyl groups is 3. The van der Waals surface area contributed by atoms with Gasteiger partial charge in [-0.2, -0.15) is 0 Å². The van der Waals surface area contributed by atoms with E-state index in [4.69, 9.17) is 0 Å². The van der Waals surface area contributed by atoms with Crippen molar-refractivity contribution in [2.45, 2.75) is 70.2 Å². The van der Waals surface area contributed by atoms with Crippen molar-refractivity contribution >= 4 is 11.6 Å². The topological polar surface area (TPSA) is 101 Å². The van der Waals surface area contributed by atoms with E-state index < -0.39 is 28.6 Å². The van der Waals surface area contributed by atoms with Crippen LogP contribution in [0.5, 0.6) is 0 Å². The Labute approximate surface area is 197 Å². The van der Waals surface area contributed by atoms with E-state index in [1.54, 1.807) is 6.08 Å². The molecule has 0 aromatic heterocycles. The van der Waals surface area contributed by atoms with Gasteiger partial charge in [0.2, 0.25) is 0 Å². The van der Waals surface area contributed by atoms with Crippen molar-refractivity contribution in [1.29, 1.82) is 0 Å². The molecule has 3 N–H and O–H groups in total. The Hall–Kier alpha value is -1.12. The lowest BCUT2D eigenvalue weighted by molar-refractivity contribution is -0.154. The van der Waals surface area contributed by atoms with Gasteiger partial charge >= 0.3 is 0 Å². The minimum Gasteiger partial charge on any atom is -0.390 e. The van der Waals surface area contributed by atoms with E-state index in [1.807, 2.05) is 35.0 Å². The summed E-state index contributed by atoms with van der Waals surface area (Å²) in [5.41, 5.74) is -1.47. The number of nitrogens with zero attached hydrogens (tertiary/aromatic N) is 2. The molecule has 3 fully saturated rings. The van der Waals surface area contributed by atoms with Crippen LogP contribution in [-0.2, 0) is 9.59 Å². The van der Waals surface area contributed by atoms with Crippen LogP contribution in [0.15, 0.2) is 11.6 Å². The molecule has 4 aliphatic carbocycles. The van der Waals surface area contributed by atoms with Crippen molar-refractivity contribution < 1.29 is 24.9 Å². The van der Waals surface area contributed by atoms with E-state index in [1.165, 1.54) is 0 Å². The third-order valence-corrected chi connectivity index (χ3v) is 9.86. The molecule has 0 spiro atoms. The first kappa shape index (κ1) is 25.0. The van der Waals surface area contributed by atoms with Crippen molar-refractivity contribution in [1.82, 2.24) is 9.80 Å². The number of fused-ring (bicyclic) bond motifs is 5. The summed E-state index contributed by atoms with van der Waals surface area (Å²) >= 11 is 0. The zero-order valence-corrected chi connectivity index (χ0v) is 20.9. The maximum atomic E-state index is 13.4. The lowest BCUT2D eigenvalue weighted by Crippen LogP contribution is -2.61. The van der Waals surface area contributed by atoms with Gasteiger partial charge < -0.3 is 20.2 Å². The lowest BCUT2D eigenvalue weighted by Gasteiger charge is -2.59. The molecule has 7 heteroatoms. The fourth-order valence-corrected chi connectivity index (χ4v) is 7.71. The van der Waals surface area contributed by atoms with Crippen LogP contribution in [0.1, 0.15) is 52.4 Å². The minimum atomic E-state index is -1.18. The number of carbonyl (C=O) groups excluding carboxylic acids is 2. The van der Waals surface area contributed by atoms with Crippen LogP contribution in [0.3, 0.4) is 0 Å². The van der Waals surface area contributed by atoms with E-state index in [-0.39, 0.29) is 35.7 Å². The highest BCUT2D eigenvalue weighted by molar-refractivity contribution is 5.95. The molecule has 0 bridgehead atoms. The van der Waals surface area contributed by atoms with E-state index >= 15 is 0 Å². The number of hydrogen-bond acceptors (Lipinski definition) is 7. The quantitative estimate of drug-likeness (QED) is 0.546. The normalized spacial score (nSPS) is 45.0. The SMILES string of the molecule is CN(C)CCN(C)CC(=O)[C@H]1CC[C@@]2(O)C3=CC(=O)[C@@H]4C[C@@H](O)[C@@H](O)C[C@]4(C)C3CC[C@]12C. The minimum absolute atomic E-state index is 0.0166. The van der Waals surface area contributed by atoms with Crippen LogP contribution < -0.4 is 0 Å². The average molecular weight is 463 g/mol. The second-order valence-corrected chi connectivity index (χ2v) is 12.1. The van der Waals surface area contributed by atoms with Gasteiger partial charge in [-0.1, -0.05) is 13.8 Å². The third kappa shape index (κ3) is 3.84. The van der Waals surface area contributed by atoms with Gasteiger partial charge in [-0.15, -0.1) is 0 Å². The molecule has 1 unspecified atom stereocenters. The van der Waals surface area contributed by atoms with Crippen molar-refractivity contribution in [2.75, 3.05) is 40.8 Å². The molecule has 33 heavy (non-hydrogen) atoms. The summed E-state index contributed by atoms with van der Waals surface area (Å²) in [5, 5.41) is 32.8. The summed E-state index contributed by atoms with van der Waals surface area (Å²) in [5.74, 6) is -0.453. The van der Waals surface area contributed by atoms with Gasteiger partial charge in [0.25, 0.3) is 0 Å². The molecule has 0 aromatic rings. The maximum absolute atomic E-state index is 13.4. The highest BCUT2D eigenvalue weighted by Crippen LogP contribution is 2.67. The van der Waals surface area contributed by atoms with Gasteiger partial charge in [-0.25, -0.2) is 0 Å². The van der Waals surface area contributed by atoms with Gasteiger partial charge in [0, 0.05) is 30.3 Å². The van der Waals surface area contributed by atoms with Crippen molar-refractivity contribution in [2.24, 2.45) is 28.6 Å². The first-order valence-electron chi connectivity index (χ1n) is 12.5. The standard InChI is InChI=1S/C26H42N2O5/c1-24-14-22(31)21(30)13-19(24)20(29)12-18-16(24)6-8-25(2)17(7-9-26(18,25)33)23(32)15-28(5)11-10-27(3)4/h12,16-17,19,21-22,30-31,33H,6-11,13-15H2,1-5H3/t16?,17-,19+,21-,22+,24-,25-,26-/m1/s1. The summed E-state index contributed by atoms with van der Waals surface area (Å²) in [6, 6.07) is 0. The van der Waals surface area contributed by atoms with Crippen LogP contribution in [0.25, 0.3) is 0 Å². The predicted octanol–water partition coefficient (Wildman–Crippen LogP) is 1.25. The van der Waals surface area contributed by atoms with Gasteiger partial charge in [-0.05, 0) is 82.6 Å². The van der Waals surface area contributed by atoms with Crippen molar-refractivity contribution in [3.63, 3.8) is 0 Å². The second-order valence-electron chi connectivity index (χ2n) is 12.1. The Morgan fingerprint density at radius 1 is 1.06 bits per heavy atom. The van der Waals surface area contributed by atoms with E-state index in [0.29, 0.717) is 25.8 Å². The molecule has 0 heterocycles. The Morgan fingerprint density at radius 3 is 2.42 bits per heavy atom. The number of rotatable bonds is 6. The fourth-order valence-electron chi connectivity index (χ4n) is 7.71. The van der Waals surface area contributed by atoms with Gasteiger partial charge in [0.15, 0.2) is 11.6 Å². The number of ketones is 2. The molecule has 0 amide bonds. The predicted molar refractivity (Wildman–Crippen MR) is 125 cm³/mol. The molecule has 4 rings (SSSR count). The van der Waals surface area contributed by atoms with E-state index in [0.717, 1.165) is 31.5 Å². The van der Waals surface area contributed by atoms with Crippen molar-refractivity contribution in [3.8, 4) is 0 Å². The van der Waals surface area contributed by atoms with Crippen LogP contribution in [0.2, 0.25) is 0 Å². The number of aliphatic hydroxyl groups excluding tert-OH is 2. The van der Waals surface area contributed by atoms with Crippen LogP contribution in [-0.4, -0.2) is 95.3 Å². The van der Waals surface area contributed by atoms with Crippen LogP contribution in [0, 0.1) is 28.6 Å². The number of allylic oxidation sites excluding steroid dienone is 1. The molecule has 0 aliphatic heterocycles. The summed E-state index contributed by atoms with van der Waals surface area (Å²) in [6.07, 6.45) is 3.18. The summed E-state index contributed by atoms with van der Waals surface area (Å²) in [6.45, 7) is 6.15. The Balaban J connectivity index is 1.59. The molecule has 0 saturated heterocycles. The molecule has 186 valence electrons. The zero-order valence-electron chi connectivity index (χ0n) is 20.9. The van der Waals surface area contributed by atoms with Gasteiger partial charge in [0.05, 0.1) is 24.4 Å². The van der Waals surface area contributed by atoms with Gasteiger partial charge in [0.1, 0.15) is 0 Å². The fraction of sp³-hybridized carbons (Fsp3) is 0.846. The lowest BCUT2D eigenvalue weighted by atomic mass is 9.46. The molecule has 0 aromatic carbocycles. The zero-order chi connectivity index (χ0) is 24.3. The Morgan fingerprint density at radius 2 is 1.76 bits per heavy atom. The molecule has 3 saturated carbocycles. The molecular formula is C26H42N2O5. The maximum Gasteiger partial charge on any atom is 0.159 e. The largest absolute Gasteiger partial charge is 0.390 e. The Bertz CT molecular complexity index is 843. The number of hydrogen-bond donors (Lipinski definition) is 3.